The maximum atomic E-state index is 6.04. The van der Waals surface area contributed by atoms with Crippen LogP contribution in [0.1, 0.15) is 12.8 Å². The van der Waals surface area contributed by atoms with Gasteiger partial charge in [-0.25, -0.2) is 0 Å². The molecule has 0 aliphatic heterocycles. The molecule has 0 amide bonds. The Morgan fingerprint density at radius 2 is 2.24 bits per heavy atom. The highest BCUT2D eigenvalue weighted by Gasteiger charge is 2.45. The minimum Gasteiger partial charge on any atom is -0.486 e. The molecule has 0 heterocycles. The number of hydrogen-bond donors (Lipinski definition) is 1. The zero-order valence-corrected chi connectivity index (χ0v) is 11.6. The van der Waals surface area contributed by atoms with Crippen LogP contribution in [0.5, 0.6) is 5.75 Å². The van der Waals surface area contributed by atoms with Crippen LogP contribution in [0.25, 0.3) is 0 Å². The lowest BCUT2D eigenvalue weighted by Crippen LogP contribution is -2.34. The van der Waals surface area contributed by atoms with Gasteiger partial charge in [0.15, 0.2) is 0 Å². The van der Waals surface area contributed by atoms with Crippen molar-refractivity contribution in [2.45, 2.75) is 18.4 Å². The SMILES string of the molecule is COCCNCC1(Oc2cccc(Br)c2)CC1. The fraction of sp³-hybridized carbons (Fsp3) is 0.538. The third kappa shape index (κ3) is 3.98. The Balaban J connectivity index is 1.81. The molecule has 0 atom stereocenters. The Morgan fingerprint density at radius 3 is 2.88 bits per heavy atom. The van der Waals surface area contributed by atoms with Crippen LogP contribution in [-0.4, -0.2) is 32.4 Å². The largest absolute Gasteiger partial charge is 0.486 e. The summed E-state index contributed by atoms with van der Waals surface area (Å²) < 4.78 is 12.1. The van der Waals surface area contributed by atoms with Crippen LogP contribution in [0.2, 0.25) is 0 Å². The van der Waals surface area contributed by atoms with E-state index in [-0.39, 0.29) is 5.60 Å². The summed E-state index contributed by atoms with van der Waals surface area (Å²) in [7, 11) is 1.71. The predicted octanol–water partition coefficient (Wildman–Crippen LogP) is 2.60. The first-order valence-electron chi connectivity index (χ1n) is 5.88. The second-order valence-electron chi connectivity index (χ2n) is 4.41. The lowest BCUT2D eigenvalue weighted by atomic mass is 10.3. The monoisotopic (exact) mass is 299 g/mol. The normalized spacial score (nSPS) is 16.8. The summed E-state index contributed by atoms with van der Waals surface area (Å²) in [4.78, 5) is 0. The number of benzene rings is 1. The van der Waals surface area contributed by atoms with E-state index in [1.54, 1.807) is 7.11 Å². The molecule has 17 heavy (non-hydrogen) atoms. The Labute approximate surface area is 111 Å². The number of methoxy groups -OCH3 is 1. The molecule has 4 heteroatoms. The number of nitrogens with one attached hydrogen (secondary N) is 1. The van der Waals surface area contributed by atoms with Gasteiger partial charge >= 0.3 is 0 Å². The van der Waals surface area contributed by atoms with Gasteiger partial charge in [-0.15, -0.1) is 0 Å². The third-order valence-corrected chi connectivity index (χ3v) is 3.36. The molecule has 1 aromatic rings. The molecule has 0 aromatic heterocycles. The summed E-state index contributed by atoms with van der Waals surface area (Å²) in [5, 5.41) is 3.36. The van der Waals surface area contributed by atoms with Gasteiger partial charge in [0.25, 0.3) is 0 Å². The van der Waals surface area contributed by atoms with Gasteiger partial charge in [0.1, 0.15) is 11.4 Å². The van der Waals surface area contributed by atoms with Crippen molar-refractivity contribution in [3.05, 3.63) is 28.7 Å². The van der Waals surface area contributed by atoms with E-state index in [0.29, 0.717) is 0 Å². The summed E-state index contributed by atoms with van der Waals surface area (Å²) in [6.45, 7) is 2.51. The van der Waals surface area contributed by atoms with Crippen molar-refractivity contribution in [2.24, 2.45) is 0 Å². The molecule has 1 aliphatic carbocycles. The molecule has 1 N–H and O–H groups in total. The van der Waals surface area contributed by atoms with Gasteiger partial charge in [-0.2, -0.15) is 0 Å². The number of hydrogen-bond acceptors (Lipinski definition) is 3. The van der Waals surface area contributed by atoms with Crippen LogP contribution in [-0.2, 0) is 4.74 Å². The van der Waals surface area contributed by atoms with Crippen LogP contribution in [0.15, 0.2) is 28.7 Å². The van der Waals surface area contributed by atoms with Crippen molar-refractivity contribution < 1.29 is 9.47 Å². The molecular formula is C13H18BrNO2. The molecule has 94 valence electrons. The molecule has 0 spiro atoms. The van der Waals surface area contributed by atoms with E-state index in [2.05, 4.69) is 21.2 Å². The van der Waals surface area contributed by atoms with Crippen LogP contribution < -0.4 is 10.1 Å². The van der Waals surface area contributed by atoms with Crippen molar-refractivity contribution in [3.8, 4) is 5.75 Å². The lowest BCUT2D eigenvalue weighted by molar-refractivity contribution is 0.162. The highest BCUT2D eigenvalue weighted by molar-refractivity contribution is 9.10. The zero-order chi connectivity index (χ0) is 12.1. The van der Waals surface area contributed by atoms with Gasteiger partial charge in [0.05, 0.1) is 6.61 Å². The highest BCUT2D eigenvalue weighted by Crippen LogP contribution is 2.40. The van der Waals surface area contributed by atoms with E-state index in [9.17, 15) is 0 Å². The quantitative estimate of drug-likeness (QED) is 0.785. The fourth-order valence-electron chi connectivity index (χ4n) is 1.73. The summed E-state index contributed by atoms with van der Waals surface area (Å²) >= 11 is 3.45. The van der Waals surface area contributed by atoms with Crippen LogP contribution in [0.4, 0.5) is 0 Å². The zero-order valence-electron chi connectivity index (χ0n) is 10.0. The molecule has 2 rings (SSSR count). The van der Waals surface area contributed by atoms with E-state index >= 15 is 0 Å². The number of halogens is 1. The summed E-state index contributed by atoms with van der Waals surface area (Å²) in [5.74, 6) is 0.936. The molecule has 0 unspecified atom stereocenters. The minimum atomic E-state index is 0.00847. The van der Waals surface area contributed by atoms with E-state index in [1.165, 1.54) is 0 Å². The Bertz CT molecular complexity index is 366. The first kappa shape index (κ1) is 12.9. The van der Waals surface area contributed by atoms with Gasteiger partial charge < -0.3 is 14.8 Å². The Morgan fingerprint density at radius 1 is 1.41 bits per heavy atom. The van der Waals surface area contributed by atoms with Crippen molar-refractivity contribution in [1.82, 2.24) is 5.32 Å². The molecule has 1 aliphatic rings. The van der Waals surface area contributed by atoms with Crippen LogP contribution in [0, 0.1) is 0 Å². The van der Waals surface area contributed by atoms with Crippen molar-refractivity contribution >= 4 is 15.9 Å². The van der Waals surface area contributed by atoms with E-state index < -0.39 is 0 Å². The van der Waals surface area contributed by atoms with E-state index in [0.717, 1.165) is 42.8 Å². The molecule has 1 saturated carbocycles. The molecule has 0 saturated heterocycles. The van der Waals surface area contributed by atoms with Gasteiger partial charge in [0.2, 0.25) is 0 Å². The third-order valence-electron chi connectivity index (χ3n) is 2.87. The van der Waals surface area contributed by atoms with E-state index in [4.69, 9.17) is 9.47 Å². The molecule has 1 aromatic carbocycles. The fourth-order valence-corrected chi connectivity index (χ4v) is 2.10. The second-order valence-corrected chi connectivity index (χ2v) is 5.33. The standard InChI is InChI=1S/C13H18BrNO2/c1-16-8-7-15-10-13(5-6-13)17-12-4-2-3-11(14)9-12/h2-4,9,15H,5-8,10H2,1H3. The van der Waals surface area contributed by atoms with Gasteiger partial charge in [-0.3, -0.25) is 0 Å². The summed E-state index contributed by atoms with van der Waals surface area (Å²) in [6, 6.07) is 8.01. The molecule has 0 bridgehead atoms. The highest BCUT2D eigenvalue weighted by atomic mass is 79.9. The van der Waals surface area contributed by atoms with Crippen molar-refractivity contribution in [3.63, 3.8) is 0 Å². The average molecular weight is 300 g/mol. The Hall–Kier alpha value is -0.580. The van der Waals surface area contributed by atoms with Gasteiger partial charge in [-0.1, -0.05) is 22.0 Å². The first-order valence-corrected chi connectivity index (χ1v) is 6.68. The van der Waals surface area contributed by atoms with Crippen LogP contribution >= 0.6 is 15.9 Å². The Kier molecular flexibility index (Phi) is 4.42. The average Bonchev–Trinajstić information content (AvgIpc) is 3.05. The second kappa shape index (κ2) is 5.85. The van der Waals surface area contributed by atoms with Crippen molar-refractivity contribution in [1.29, 1.82) is 0 Å². The first-order chi connectivity index (χ1) is 8.24. The molecule has 1 fully saturated rings. The maximum Gasteiger partial charge on any atom is 0.122 e. The number of rotatable bonds is 7. The molecule has 3 nitrogen and oxygen atoms in total. The molecular weight excluding hydrogens is 282 g/mol. The van der Waals surface area contributed by atoms with Gasteiger partial charge in [-0.05, 0) is 31.0 Å². The van der Waals surface area contributed by atoms with Crippen LogP contribution in [0.3, 0.4) is 0 Å². The van der Waals surface area contributed by atoms with Gasteiger partial charge in [0, 0.05) is 24.7 Å². The topological polar surface area (TPSA) is 30.5 Å². The lowest BCUT2D eigenvalue weighted by Gasteiger charge is -2.18. The van der Waals surface area contributed by atoms with Crippen molar-refractivity contribution in [2.75, 3.05) is 26.8 Å². The van der Waals surface area contributed by atoms with E-state index in [1.807, 2.05) is 24.3 Å². The minimum absolute atomic E-state index is 0.00847. The molecule has 0 radical (unpaired) electrons. The predicted molar refractivity (Wildman–Crippen MR) is 71.5 cm³/mol. The maximum absolute atomic E-state index is 6.04. The summed E-state index contributed by atoms with van der Waals surface area (Å²) in [6.07, 6.45) is 2.25. The summed E-state index contributed by atoms with van der Waals surface area (Å²) in [5.41, 5.74) is 0.00847. The number of ether oxygens (including phenoxy) is 2. The smallest absolute Gasteiger partial charge is 0.122 e.